The van der Waals surface area contributed by atoms with Gasteiger partial charge in [-0.2, -0.15) is 0 Å². The molecule has 1 aromatic heterocycles. The Labute approximate surface area is 78.0 Å². The number of aromatic nitrogens is 1. The molecule has 1 heterocycles. The smallest absolute Gasteiger partial charge is 0.182 e. The van der Waals surface area contributed by atoms with E-state index in [1.165, 1.54) is 11.3 Å². The Bertz CT molecular complexity index is 232. The Morgan fingerprint density at radius 1 is 1.58 bits per heavy atom. The standard InChI is InChI=1S/C9H16N2S/c1-4-7(3)8-6-11-9(12-8)10-5-2/h6-7H,4-5H2,1-3H3,(H,10,11). The van der Waals surface area contributed by atoms with Gasteiger partial charge < -0.3 is 5.32 Å². The first-order valence-electron chi connectivity index (χ1n) is 4.47. The lowest BCUT2D eigenvalue weighted by Gasteiger charge is -2.02. The average molecular weight is 184 g/mol. The molecule has 1 aromatic rings. The lowest BCUT2D eigenvalue weighted by molar-refractivity contribution is 0.746. The van der Waals surface area contributed by atoms with Gasteiger partial charge >= 0.3 is 0 Å². The van der Waals surface area contributed by atoms with Gasteiger partial charge in [0, 0.05) is 17.6 Å². The molecule has 0 amide bonds. The molecule has 0 radical (unpaired) electrons. The van der Waals surface area contributed by atoms with Crippen molar-refractivity contribution in [2.24, 2.45) is 0 Å². The van der Waals surface area contributed by atoms with Crippen LogP contribution in [0.2, 0.25) is 0 Å². The third kappa shape index (κ3) is 2.21. The molecule has 0 spiro atoms. The Morgan fingerprint density at radius 2 is 2.33 bits per heavy atom. The quantitative estimate of drug-likeness (QED) is 0.777. The maximum Gasteiger partial charge on any atom is 0.182 e. The second kappa shape index (κ2) is 4.45. The van der Waals surface area contributed by atoms with Crippen molar-refractivity contribution in [1.82, 2.24) is 4.98 Å². The summed E-state index contributed by atoms with van der Waals surface area (Å²) in [5.41, 5.74) is 0. The van der Waals surface area contributed by atoms with E-state index >= 15 is 0 Å². The highest BCUT2D eigenvalue weighted by Gasteiger charge is 2.06. The molecule has 0 aliphatic carbocycles. The zero-order valence-electron chi connectivity index (χ0n) is 7.92. The van der Waals surface area contributed by atoms with Gasteiger partial charge in [0.05, 0.1) is 0 Å². The van der Waals surface area contributed by atoms with Crippen LogP contribution < -0.4 is 5.32 Å². The molecule has 1 rings (SSSR count). The summed E-state index contributed by atoms with van der Waals surface area (Å²) in [5, 5.41) is 4.26. The summed E-state index contributed by atoms with van der Waals surface area (Å²) in [5.74, 6) is 0.648. The Morgan fingerprint density at radius 3 is 2.92 bits per heavy atom. The first kappa shape index (κ1) is 9.52. The highest BCUT2D eigenvalue weighted by molar-refractivity contribution is 7.15. The van der Waals surface area contributed by atoms with E-state index in [0.717, 1.165) is 11.7 Å². The maximum atomic E-state index is 4.28. The normalized spacial score (nSPS) is 12.9. The zero-order valence-corrected chi connectivity index (χ0v) is 8.74. The van der Waals surface area contributed by atoms with Crippen LogP contribution in [0.4, 0.5) is 5.13 Å². The third-order valence-corrected chi connectivity index (χ3v) is 3.14. The van der Waals surface area contributed by atoms with Crippen LogP contribution >= 0.6 is 11.3 Å². The molecule has 68 valence electrons. The molecule has 1 unspecified atom stereocenters. The van der Waals surface area contributed by atoms with Crippen LogP contribution in [0, 0.1) is 0 Å². The van der Waals surface area contributed by atoms with Gasteiger partial charge in [-0.3, -0.25) is 0 Å². The fourth-order valence-corrected chi connectivity index (χ4v) is 1.97. The van der Waals surface area contributed by atoms with Crippen LogP contribution in [0.3, 0.4) is 0 Å². The summed E-state index contributed by atoms with van der Waals surface area (Å²) in [4.78, 5) is 5.67. The molecule has 1 N–H and O–H groups in total. The van der Waals surface area contributed by atoms with Gasteiger partial charge in [0.2, 0.25) is 0 Å². The van der Waals surface area contributed by atoms with Crippen LogP contribution in [0.5, 0.6) is 0 Å². The van der Waals surface area contributed by atoms with E-state index in [1.807, 2.05) is 6.20 Å². The van der Waals surface area contributed by atoms with E-state index in [2.05, 4.69) is 31.1 Å². The molecule has 0 saturated carbocycles. The van der Waals surface area contributed by atoms with Gasteiger partial charge in [0.25, 0.3) is 0 Å². The van der Waals surface area contributed by atoms with Crippen molar-refractivity contribution in [2.45, 2.75) is 33.1 Å². The second-order valence-corrected chi connectivity index (χ2v) is 3.97. The SMILES string of the molecule is CCNc1ncc(C(C)CC)s1. The number of nitrogens with zero attached hydrogens (tertiary/aromatic N) is 1. The lowest BCUT2D eigenvalue weighted by atomic mass is 10.1. The lowest BCUT2D eigenvalue weighted by Crippen LogP contribution is -1.94. The maximum absolute atomic E-state index is 4.28. The first-order chi connectivity index (χ1) is 5.77. The Hall–Kier alpha value is -0.570. The van der Waals surface area contributed by atoms with Gasteiger partial charge in [-0.15, -0.1) is 11.3 Å². The minimum atomic E-state index is 0.648. The zero-order chi connectivity index (χ0) is 8.97. The van der Waals surface area contributed by atoms with Gasteiger partial charge in [-0.1, -0.05) is 13.8 Å². The van der Waals surface area contributed by atoms with Crippen molar-refractivity contribution < 1.29 is 0 Å². The number of thiazole rings is 1. The van der Waals surface area contributed by atoms with Crippen molar-refractivity contribution in [1.29, 1.82) is 0 Å². The molecule has 0 saturated heterocycles. The van der Waals surface area contributed by atoms with Gasteiger partial charge in [-0.25, -0.2) is 4.98 Å². The highest BCUT2D eigenvalue weighted by atomic mass is 32.1. The highest BCUT2D eigenvalue weighted by Crippen LogP contribution is 2.27. The summed E-state index contributed by atoms with van der Waals surface area (Å²) in [6, 6.07) is 0. The second-order valence-electron chi connectivity index (χ2n) is 2.91. The van der Waals surface area contributed by atoms with Gasteiger partial charge in [0.1, 0.15) is 0 Å². The molecule has 12 heavy (non-hydrogen) atoms. The number of anilines is 1. The molecule has 0 fully saturated rings. The fourth-order valence-electron chi connectivity index (χ4n) is 0.949. The van der Waals surface area contributed by atoms with Gasteiger partial charge in [0.15, 0.2) is 5.13 Å². The van der Waals surface area contributed by atoms with E-state index in [4.69, 9.17) is 0 Å². The molecule has 2 nitrogen and oxygen atoms in total. The van der Waals surface area contributed by atoms with Crippen LogP contribution in [0.1, 0.15) is 38.0 Å². The van der Waals surface area contributed by atoms with E-state index < -0.39 is 0 Å². The van der Waals surface area contributed by atoms with E-state index in [-0.39, 0.29) is 0 Å². The molecule has 3 heteroatoms. The van der Waals surface area contributed by atoms with Crippen LogP contribution in [-0.2, 0) is 0 Å². The van der Waals surface area contributed by atoms with Crippen LogP contribution in [0.15, 0.2) is 6.20 Å². The largest absolute Gasteiger partial charge is 0.362 e. The van der Waals surface area contributed by atoms with Crippen molar-refractivity contribution in [3.63, 3.8) is 0 Å². The molecule has 1 atom stereocenters. The number of hydrogen-bond acceptors (Lipinski definition) is 3. The minimum absolute atomic E-state index is 0.648. The number of hydrogen-bond donors (Lipinski definition) is 1. The topological polar surface area (TPSA) is 24.9 Å². The molecule has 0 bridgehead atoms. The average Bonchev–Trinajstić information content (AvgIpc) is 2.52. The Balaban J connectivity index is 2.63. The predicted octanol–water partition coefficient (Wildman–Crippen LogP) is 3.09. The summed E-state index contributed by atoms with van der Waals surface area (Å²) < 4.78 is 0. The summed E-state index contributed by atoms with van der Waals surface area (Å²) in [7, 11) is 0. The Kier molecular flexibility index (Phi) is 3.53. The minimum Gasteiger partial charge on any atom is -0.362 e. The van der Waals surface area contributed by atoms with Crippen molar-refractivity contribution in [3.05, 3.63) is 11.1 Å². The summed E-state index contributed by atoms with van der Waals surface area (Å²) >= 11 is 1.77. The van der Waals surface area contributed by atoms with Crippen LogP contribution in [-0.4, -0.2) is 11.5 Å². The van der Waals surface area contributed by atoms with E-state index in [1.54, 1.807) is 11.3 Å². The molecule has 0 aliphatic heterocycles. The number of nitrogens with one attached hydrogen (secondary N) is 1. The number of rotatable bonds is 4. The van der Waals surface area contributed by atoms with Crippen molar-refractivity contribution >= 4 is 16.5 Å². The predicted molar refractivity (Wildman–Crippen MR) is 55.0 cm³/mol. The molecular weight excluding hydrogens is 168 g/mol. The first-order valence-corrected chi connectivity index (χ1v) is 5.29. The molecular formula is C9H16N2S. The summed E-state index contributed by atoms with van der Waals surface area (Å²) in [6.45, 7) is 7.48. The molecule has 0 aliphatic rings. The molecule has 0 aromatic carbocycles. The summed E-state index contributed by atoms with van der Waals surface area (Å²) in [6.07, 6.45) is 3.17. The van der Waals surface area contributed by atoms with Gasteiger partial charge in [-0.05, 0) is 19.3 Å². The van der Waals surface area contributed by atoms with E-state index in [9.17, 15) is 0 Å². The van der Waals surface area contributed by atoms with E-state index in [0.29, 0.717) is 5.92 Å². The third-order valence-electron chi connectivity index (χ3n) is 1.95. The monoisotopic (exact) mass is 184 g/mol. The fraction of sp³-hybridized carbons (Fsp3) is 0.667. The van der Waals surface area contributed by atoms with Crippen molar-refractivity contribution in [3.8, 4) is 0 Å². The van der Waals surface area contributed by atoms with Crippen molar-refractivity contribution in [2.75, 3.05) is 11.9 Å². The van der Waals surface area contributed by atoms with Crippen LogP contribution in [0.25, 0.3) is 0 Å².